The van der Waals surface area contributed by atoms with Crippen LogP contribution in [0, 0.1) is 0 Å². The molecule has 1 fully saturated rings. The van der Waals surface area contributed by atoms with Gasteiger partial charge in [-0.25, -0.2) is 0 Å². The van der Waals surface area contributed by atoms with E-state index in [0.717, 1.165) is 43.3 Å². The van der Waals surface area contributed by atoms with E-state index in [1.807, 2.05) is 24.3 Å². The second-order valence-corrected chi connectivity index (χ2v) is 7.43. The highest BCUT2D eigenvalue weighted by Crippen LogP contribution is 2.17. The van der Waals surface area contributed by atoms with Crippen molar-refractivity contribution >= 4 is 5.96 Å². The summed E-state index contributed by atoms with van der Waals surface area (Å²) in [5.41, 5.74) is 3.45. The molecule has 2 aromatic carbocycles. The van der Waals surface area contributed by atoms with Crippen molar-refractivity contribution in [2.45, 2.75) is 38.6 Å². The van der Waals surface area contributed by atoms with E-state index in [1.165, 1.54) is 11.1 Å². The zero-order chi connectivity index (χ0) is 21.7. The third-order valence-electron chi connectivity index (χ3n) is 5.14. The predicted octanol–water partition coefficient (Wildman–Crippen LogP) is 3.81. The second-order valence-electron chi connectivity index (χ2n) is 7.43. The van der Waals surface area contributed by atoms with E-state index in [9.17, 15) is 0 Å². The molecule has 0 unspecified atom stereocenters. The maximum Gasteiger partial charge on any atom is 0.191 e. The van der Waals surface area contributed by atoms with Crippen molar-refractivity contribution in [2.75, 3.05) is 26.9 Å². The van der Waals surface area contributed by atoms with Crippen LogP contribution < -0.4 is 15.4 Å². The maximum absolute atomic E-state index is 5.99. The first-order chi connectivity index (χ1) is 15.3. The Morgan fingerprint density at radius 3 is 2.52 bits per heavy atom. The van der Waals surface area contributed by atoms with Crippen molar-refractivity contribution in [3.63, 3.8) is 0 Å². The van der Waals surface area contributed by atoms with Crippen molar-refractivity contribution in [1.82, 2.24) is 10.6 Å². The minimum Gasteiger partial charge on any atom is -0.489 e. The lowest BCUT2D eigenvalue weighted by molar-refractivity contribution is -0.0390. The summed E-state index contributed by atoms with van der Waals surface area (Å²) in [6.45, 7) is 7.75. The Kier molecular flexibility index (Phi) is 9.41. The summed E-state index contributed by atoms with van der Waals surface area (Å²) in [5, 5.41) is 6.70. The number of aliphatic imine (C=N–C) groups is 1. The van der Waals surface area contributed by atoms with Crippen LogP contribution in [0.1, 0.15) is 29.5 Å². The normalized spacial score (nSPS) is 14.8. The quantitative estimate of drug-likeness (QED) is 0.346. The number of rotatable bonds is 10. The molecule has 6 nitrogen and oxygen atoms in total. The van der Waals surface area contributed by atoms with E-state index in [1.54, 1.807) is 13.1 Å². The Hall–Kier alpha value is -2.83. The smallest absolute Gasteiger partial charge is 0.191 e. The van der Waals surface area contributed by atoms with Gasteiger partial charge in [-0.2, -0.15) is 0 Å². The number of nitrogens with zero attached hydrogens (tertiary/aromatic N) is 1. The lowest BCUT2D eigenvalue weighted by Crippen LogP contribution is -2.36. The highest BCUT2D eigenvalue weighted by atomic mass is 16.5. The molecule has 2 N–H and O–H groups in total. The van der Waals surface area contributed by atoms with Crippen molar-refractivity contribution in [2.24, 2.45) is 4.99 Å². The van der Waals surface area contributed by atoms with E-state index in [0.29, 0.717) is 32.4 Å². The maximum atomic E-state index is 5.99. The van der Waals surface area contributed by atoms with Crippen molar-refractivity contribution in [3.05, 3.63) is 77.9 Å². The molecule has 1 aliphatic rings. The van der Waals surface area contributed by atoms with Crippen LogP contribution in [0.4, 0.5) is 0 Å². The molecular weight excluding hydrogens is 390 g/mol. The van der Waals surface area contributed by atoms with Gasteiger partial charge in [0.05, 0.1) is 12.7 Å². The summed E-state index contributed by atoms with van der Waals surface area (Å²) in [6, 6.07) is 16.5. The summed E-state index contributed by atoms with van der Waals surface area (Å²) in [5.74, 6) is 1.59. The number of hydrogen-bond donors (Lipinski definition) is 2. The number of para-hydroxylation sites is 1. The Morgan fingerprint density at radius 1 is 1.06 bits per heavy atom. The molecule has 31 heavy (non-hydrogen) atoms. The van der Waals surface area contributed by atoms with Crippen LogP contribution in [-0.2, 0) is 29.2 Å². The fourth-order valence-corrected chi connectivity index (χ4v) is 3.33. The van der Waals surface area contributed by atoms with Gasteiger partial charge in [0.25, 0.3) is 0 Å². The second kappa shape index (κ2) is 12.8. The van der Waals surface area contributed by atoms with E-state index >= 15 is 0 Å². The Labute approximate surface area is 185 Å². The van der Waals surface area contributed by atoms with Crippen molar-refractivity contribution in [1.29, 1.82) is 0 Å². The minimum atomic E-state index is 0.316. The SMILES string of the molecule is C=CCOc1ccccc1CNC(=NC)NCc1ccc(COC2CCOCC2)cc1. The molecule has 1 saturated heterocycles. The Balaban J connectivity index is 1.43. The Morgan fingerprint density at radius 2 is 1.77 bits per heavy atom. The van der Waals surface area contributed by atoms with Gasteiger partial charge in [0.1, 0.15) is 12.4 Å². The molecule has 0 saturated carbocycles. The van der Waals surface area contributed by atoms with E-state index in [4.69, 9.17) is 14.2 Å². The lowest BCUT2D eigenvalue weighted by Gasteiger charge is -2.22. The highest BCUT2D eigenvalue weighted by Gasteiger charge is 2.13. The first kappa shape index (κ1) is 22.8. The van der Waals surface area contributed by atoms with Gasteiger partial charge in [-0.15, -0.1) is 0 Å². The lowest BCUT2D eigenvalue weighted by atomic mass is 10.1. The van der Waals surface area contributed by atoms with Crippen LogP contribution >= 0.6 is 0 Å². The molecule has 2 aromatic rings. The number of guanidine groups is 1. The predicted molar refractivity (Wildman–Crippen MR) is 124 cm³/mol. The monoisotopic (exact) mass is 423 g/mol. The fraction of sp³-hybridized carbons (Fsp3) is 0.400. The average Bonchev–Trinajstić information content (AvgIpc) is 2.83. The molecule has 0 aliphatic carbocycles. The van der Waals surface area contributed by atoms with E-state index < -0.39 is 0 Å². The van der Waals surface area contributed by atoms with Gasteiger partial charge in [0, 0.05) is 38.9 Å². The van der Waals surface area contributed by atoms with E-state index in [-0.39, 0.29) is 0 Å². The third-order valence-corrected chi connectivity index (χ3v) is 5.14. The summed E-state index contributed by atoms with van der Waals surface area (Å²) in [4.78, 5) is 4.32. The molecule has 0 amide bonds. The van der Waals surface area contributed by atoms with Gasteiger partial charge >= 0.3 is 0 Å². The van der Waals surface area contributed by atoms with Crippen LogP contribution in [0.25, 0.3) is 0 Å². The van der Waals surface area contributed by atoms with Gasteiger partial charge < -0.3 is 24.8 Å². The molecule has 0 atom stereocenters. The number of benzene rings is 2. The molecule has 3 rings (SSSR count). The molecule has 166 valence electrons. The van der Waals surface area contributed by atoms with Gasteiger partial charge in [-0.3, -0.25) is 4.99 Å². The van der Waals surface area contributed by atoms with Gasteiger partial charge in [0.15, 0.2) is 5.96 Å². The van der Waals surface area contributed by atoms with E-state index in [2.05, 4.69) is 46.5 Å². The molecule has 0 bridgehead atoms. The van der Waals surface area contributed by atoms with Crippen molar-refractivity contribution < 1.29 is 14.2 Å². The molecule has 0 radical (unpaired) electrons. The first-order valence-corrected chi connectivity index (χ1v) is 10.8. The summed E-state index contributed by atoms with van der Waals surface area (Å²) in [6.07, 6.45) is 4.03. The fourth-order valence-electron chi connectivity index (χ4n) is 3.33. The number of nitrogens with one attached hydrogen (secondary N) is 2. The third kappa shape index (κ3) is 7.74. The zero-order valence-electron chi connectivity index (χ0n) is 18.3. The minimum absolute atomic E-state index is 0.316. The van der Waals surface area contributed by atoms with Gasteiger partial charge in [-0.1, -0.05) is 55.1 Å². The van der Waals surface area contributed by atoms with Crippen LogP contribution in [0.15, 0.2) is 66.2 Å². The van der Waals surface area contributed by atoms with Gasteiger partial charge in [0.2, 0.25) is 0 Å². The van der Waals surface area contributed by atoms with Crippen LogP contribution in [-0.4, -0.2) is 38.9 Å². The molecule has 1 heterocycles. The first-order valence-electron chi connectivity index (χ1n) is 10.8. The summed E-state index contributed by atoms with van der Waals surface area (Å²) < 4.78 is 17.1. The van der Waals surface area contributed by atoms with Crippen LogP contribution in [0.2, 0.25) is 0 Å². The van der Waals surface area contributed by atoms with Crippen LogP contribution in [0.3, 0.4) is 0 Å². The topological polar surface area (TPSA) is 64.1 Å². The number of hydrogen-bond acceptors (Lipinski definition) is 4. The molecule has 1 aliphatic heterocycles. The highest BCUT2D eigenvalue weighted by molar-refractivity contribution is 5.79. The molecule has 0 spiro atoms. The largest absolute Gasteiger partial charge is 0.489 e. The average molecular weight is 424 g/mol. The van der Waals surface area contributed by atoms with Gasteiger partial charge in [-0.05, 0) is 30.0 Å². The molecular formula is C25H33N3O3. The molecule has 0 aromatic heterocycles. The summed E-state index contributed by atoms with van der Waals surface area (Å²) >= 11 is 0. The summed E-state index contributed by atoms with van der Waals surface area (Å²) in [7, 11) is 1.77. The zero-order valence-corrected chi connectivity index (χ0v) is 18.3. The van der Waals surface area contributed by atoms with Crippen LogP contribution in [0.5, 0.6) is 5.75 Å². The van der Waals surface area contributed by atoms with Crippen molar-refractivity contribution in [3.8, 4) is 5.75 Å². The Bertz CT molecular complexity index is 830. The standard InChI is InChI=1S/C25H33N3O3/c1-3-14-30-24-7-5-4-6-22(24)18-28-25(26-2)27-17-20-8-10-21(11-9-20)19-31-23-12-15-29-16-13-23/h3-11,23H,1,12-19H2,2H3,(H2,26,27,28). The number of ether oxygens (including phenoxy) is 3. The molecule has 6 heteroatoms.